The third-order valence-corrected chi connectivity index (χ3v) is 5.62. The summed E-state index contributed by atoms with van der Waals surface area (Å²) < 4.78 is 42.6. The van der Waals surface area contributed by atoms with E-state index in [2.05, 4.69) is 16.0 Å². The van der Waals surface area contributed by atoms with E-state index in [1.165, 1.54) is 17.0 Å². The van der Waals surface area contributed by atoms with E-state index < -0.39 is 34.6 Å². The summed E-state index contributed by atoms with van der Waals surface area (Å²) in [6.45, 7) is 3.90. The Labute approximate surface area is 172 Å². The minimum atomic E-state index is -1.27. The zero-order chi connectivity index (χ0) is 21.5. The van der Waals surface area contributed by atoms with E-state index in [9.17, 15) is 23.1 Å². The third-order valence-electron chi connectivity index (χ3n) is 5.62. The molecule has 2 aliphatic heterocycles. The number of nitrogens with one attached hydrogen (secondary N) is 3. The number of benzene rings is 2. The first-order valence-electron chi connectivity index (χ1n) is 9.75. The van der Waals surface area contributed by atoms with E-state index in [1.807, 2.05) is 0 Å². The summed E-state index contributed by atoms with van der Waals surface area (Å²) in [5.74, 6) is -3.64. The van der Waals surface area contributed by atoms with E-state index in [-0.39, 0.29) is 30.4 Å². The minimum absolute atomic E-state index is 0.0580. The lowest BCUT2D eigenvalue weighted by Gasteiger charge is -2.51. The number of aryl methyl sites for hydroxylation is 1. The topological polar surface area (TPSA) is 76.6 Å². The molecule has 0 aromatic heterocycles. The molecular formula is C21H23F3N4O2. The van der Waals surface area contributed by atoms with Gasteiger partial charge in [0.15, 0.2) is 11.6 Å². The fraction of sp³-hybridized carbons (Fsp3) is 0.381. The van der Waals surface area contributed by atoms with Gasteiger partial charge >= 0.3 is 0 Å². The van der Waals surface area contributed by atoms with Crippen molar-refractivity contribution < 1.29 is 23.1 Å². The van der Waals surface area contributed by atoms with Crippen LogP contribution >= 0.6 is 0 Å². The van der Waals surface area contributed by atoms with Crippen molar-refractivity contribution in [3.05, 3.63) is 58.9 Å². The molecule has 2 aromatic rings. The van der Waals surface area contributed by atoms with Gasteiger partial charge in [-0.2, -0.15) is 0 Å². The highest BCUT2D eigenvalue weighted by Crippen LogP contribution is 2.32. The molecule has 0 saturated carbocycles. The van der Waals surface area contributed by atoms with Gasteiger partial charge in [-0.3, -0.25) is 4.79 Å². The second-order valence-corrected chi connectivity index (χ2v) is 7.87. The monoisotopic (exact) mass is 420 g/mol. The van der Waals surface area contributed by atoms with E-state index in [0.717, 1.165) is 18.7 Å². The van der Waals surface area contributed by atoms with Crippen LogP contribution in [0.4, 0.5) is 24.5 Å². The maximum absolute atomic E-state index is 14.5. The van der Waals surface area contributed by atoms with Crippen LogP contribution in [0.1, 0.15) is 15.9 Å². The Kier molecular flexibility index (Phi) is 5.44. The van der Waals surface area contributed by atoms with Gasteiger partial charge in [-0.15, -0.1) is 0 Å². The van der Waals surface area contributed by atoms with Gasteiger partial charge < -0.3 is 26.0 Å². The quantitative estimate of drug-likeness (QED) is 0.608. The average Bonchev–Trinajstić information content (AvgIpc) is 2.71. The van der Waals surface area contributed by atoms with Crippen molar-refractivity contribution in [1.82, 2.24) is 15.5 Å². The predicted molar refractivity (Wildman–Crippen MR) is 106 cm³/mol. The number of carbonyl (C=O) groups excluding carboxylic acids is 1. The van der Waals surface area contributed by atoms with Crippen molar-refractivity contribution in [2.45, 2.75) is 18.6 Å². The molecule has 2 aromatic carbocycles. The van der Waals surface area contributed by atoms with Crippen LogP contribution in [0, 0.1) is 24.4 Å². The second kappa shape index (κ2) is 7.90. The highest BCUT2D eigenvalue weighted by atomic mass is 19.2. The predicted octanol–water partition coefficient (Wildman–Crippen LogP) is 1.90. The Hall–Kier alpha value is -2.62. The van der Waals surface area contributed by atoms with Crippen LogP contribution in [0.2, 0.25) is 0 Å². The molecule has 4 N–H and O–H groups in total. The van der Waals surface area contributed by atoms with Gasteiger partial charge in [0, 0.05) is 19.6 Å². The number of hydrogen-bond donors (Lipinski definition) is 4. The maximum Gasteiger partial charge on any atom is 0.256 e. The summed E-state index contributed by atoms with van der Waals surface area (Å²) in [5.41, 5.74) is -1.07. The molecule has 4 rings (SSSR count). The summed E-state index contributed by atoms with van der Waals surface area (Å²) in [6, 6.07) is 6.07. The van der Waals surface area contributed by atoms with Crippen LogP contribution in [0.25, 0.3) is 0 Å². The van der Waals surface area contributed by atoms with Gasteiger partial charge in [0.05, 0.1) is 36.1 Å². The van der Waals surface area contributed by atoms with Crippen molar-refractivity contribution in [3.63, 3.8) is 0 Å². The van der Waals surface area contributed by atoms with Crippen LogP contribution in [0.5, 0.6) is 0 Å². The smallest absolute Gasteiger partial charge is 0.256 e. The Morgan fingerprint density at radius 2 is 1.93 bits per heavy atom. The molecule has 1 amide bonds. The Morgan fingerprint density at radius 3 is 2.60 bits per heavy atom. The molecule has 160 valence electrons. The number of carbonyl (C=O) groups is 1. The first-order valence-corrected chi connectivity index (χ1v) is 9.75. The molecule has 2 fully saturated rings. The van der Waals surface area contributed by atoms with Gasteiger partial charge in [-0.1, -0.05) is 6.07 Å². The number of anilines is 2. The van der Waals surface area contributed by atoms with Crippen molar-refractivity contribution in [2.75, 3.05) is 38.0 Å². The van der Waals surface area contributed by atoms with Crippen LogP contribution in [0.3, 0.4) is 0 Å². The van der Waals surface area contributed by atoms with Gasteiger partial charge in [-0.05, 0) is 36.8 Å². The van der Waals surface area contributed by atoms with Gasteiger partial charge in [0.25, 0.3) is 5.91 Å². The molecule has 2 saturated heterocycles. The number of piperazine rings is 1. The number of likely N-dealkylation sites (tertiary alicyclic amines) is 1. The van der Waals surface area contributed by atoms with E-state index in [4.69, 9.17) is 0 Å². The fourth-order valence-electron chi connectivity index (χ4n) is 3.89. The molecule has 0 spiro atoms. The summed E-state index contributed by atoms with van der Waals surface area (Å²) >= 11 is 0. The Bertz CT molecular complexity index is 973. The lowest BCUT2D eigenvalue weighted by Crippen LogP contribution is -2.74. The zero-order valence-corrected chi connectivity index (χ0v) is 16.4. The van der Waals surface area contributed by atoms with Gasteiger partial charge in [0.1, 0.15) is 11.4 Å². The highest BCUT2D eigenvalue weighted by molar-refractivity contribution is 6.01. The number of aliphatic hydroxyl groups is 1. The first kappa shape index (κ1) is 20.6. The standard InChI is InChI=1S/C21H23F3N4O2/c1-12-2-5-16(15(23)8-12)27-19-13(3-4-14(22)18(19)24)20(29)28-10-21(30,11-28)17-9-25-6-7-26-17/h2-5,8,17,25-27,30H,6-7,9-11H2,1H3. The summed E-state index contributed by atoms with van der Waals surface area (Å²) in [4.78, 5) is 14.3. The lowest BCUT2D eigenvalue weighted by atomic mass is 9.84. The van der Waals surface area contributed by atoms with Crippen molar-refractivity contribution in [2.24, 2.45) is 0 Å². The van der Waals surface area contributed by atoms with Crippen LogP contribution in [0.15, 0.2) is 30.3 Å². The molecule has 1 unspecified atom stereocenters. The lowest BCUT2D eigenvalue weighted by molar-refractivity contribution is -0.106. The number of hydrogen-bond acceptors (Lipinski definition) is 5. The molecule has 0 radical (unpaired) electrons. The minimum Gasteiger partial charge on any atom is -0.384 e. The Balaban J connectivity index is 1.57. The molecule has 2 heterocycles. The molecule has 30 heavy (non-hydrogen) atoms. The van der Waals surface area contributed by atoms with Gasteiger partial charge in [0.2, 0.25) is 0 Å². The van der Waals surface area contributed by atoms with E-state index >= 15 is 0 Å². The third kappa shape index (κ3) is 3.76. The highest BCUT2D eigenvalue weighted by Gasteiger charge is 2.50. The molecule has 0 bridgehead atoms. The van der Waals surface area contributed by atoms with E-state index in [0.29, 0.717) is 18.7 Å². The van der Waals surface area contributed by atoms with Crippen molar-refractivity contribution in [1.29, 1.82) is 0 Å². The fourth-order valence-corrected chi connectivity index (χ4v) is 3.89. The second-order valence-electron chi connectivity index (χ2n) is 7.87. The van der Waals surface area contributed by atoms with Crippen molar-refractivity contribution >= 4 is 17.3 Å². The molecule has 0 aliphatic carbocycles. The molecule has 2 aliphatic rings. The molecular weight excluding hydrogens is 397 g/mol. The normalized spacial score (nSPS) is 20.6. The molecule has 9 heteroatoms. The summed E-state index contributed by atoms with van der Waals surface area (Å²) in [6.07, 6.45) is 0. The number of amides is 1. The summed E-state index contributed by atoms with van der Waals surface area (Å²) in [7, 11) is 0. The molecule has 6 nitrogen and oxygen atoms in total. The Morgan fingerprint density at radius 1 is 1.17 bits per heavy atom. The van der Waals surface area contributed by atoms with Gasteiger partial charge in [-0.25, -0.2) is 13.2 Å². The maximum atomic E-state index is 14.5. The summed E-state index contributed by atoms with van der Waals surface area (Å²) in [5, 5.41) is 19.7. The van der Waals surface area contributed by atoms with Crippen LogP contribution in [-0.4, -0.2) is 60.3 Å². The first-order chi connectivity index (χ1) is 14.3. The van der Waals surface area contributed by atoms with Crippen LogP contribution in [-0.2, 0) is 0 Å². The van der Waals surface area contributed by atoms with E-state index in [1.54, 1.807) is 13.0 Å². The number of nitrogens with zero attached hydrogens (tertiary/aromatic N) is 1. The SMILES string of the molecule is Cc1ccc(Nc2c(C(=O)N3CC(O)(C4CNCCN4)C3)ccc(F)c2F)c(F)c1. The average molecular weight is 420 g/mol. The largest absolute Gasteiger partial charge is 0.384 e. The van der Waals surface area contributed by atoms with Crippen molar-refractivity contribution in [3.8, 4) is 0 Å². The number of halogens is 3. The number of β-amino-alcohol motifs (C(OH)–C–C–N with tert-alkyl or cyclic N) is 1. The number of rotatable bonds is 4. The zero-order valence-electron chi connectivity index (χ0n) is 16.4. The molecule has 1 atom stereocenters. The van der Waals surface area contributed by atoms with Crippen LogP contribution < -0.4 is 16.0 Å².